The van der Waals surface area contributed by atoms with E-state index in [-0.39, 0.29) is 17.0 Å². The predicted octanol–water partition coefficient (Wildman–Crippen LogP) is 3.91. The number of aryl methyl sites for hydroxylation is 1. The van der Waals surface area contributed by atoms with Gasteiger partial charge in [-0.2, -0.15) is 5.10 Å². The van der Waals surface area contributed by atoms with Gasteiger partial charge in [-0.25, -0.2) is 14.3 Å². The Hall–Kier alpha value is -3.74. The van der Waals surface area contributed by atoms with Crippen LogP contribution in [0.3, 0.4) is 0 Å². The third kappa shape index (κ3) is 3.87. The van der Waals surface area contributed by atoms with Gasteiger partial charge >= 0.3 is 11.6 Å². The molecule has 0 saturated carbocycles. The van der Waals surface area contributed by atoms with Crippen molar-refractivity contribution in [3.05, 3.63) is 81.1 Å². The van der Waals surface area contributed by atoms with Gasteiger partial charge in [-0.15, -0.1) is 0 Å². The molecule has 0 aliphatic rings. The first kappa shape index (κ1) is 19.6. The lowest BCUT2D eigenvalue weighted by molar-refractivity contribution is 0.0728. The molecule has 152 valence electrons. The van der Waals surface area contributed by atoms with Crippen LogP contribution in [-0.2, 0) is 6.54 Å². The Morgan fingerprint density at radius 1 is 1.03 bits per heavy atom. The van der Waals surface area contributed by atoms with E-state index in [4.69, 9.17) is 9.15 Å². The first-order valence-electron chi connectivity index (χ1n) is 9.83. The van der Waals surface area contributed by atoms with Crippen molar-refractivity contribution >= 4 is 27.7 Å². The highest BCUT2D eigenvalue weighted by atomic mass is 16.5. The minimum absolute atomic E-state index is 0.0660. The number of ether oxygens (including phenoxy) is 1. The van der Waals surface area contributed by atoms with Crippen molar-refractivity contribution < 1.29 is 13.9 Å². The summed E-state index contributed by atoms with van der Waals surface area (Å²) in [5, 5.41) is 5.87. The zero-order chi connectivity index (χ0) is 21.1. The van der Waals surface area contributed by atoms with Gasteiger partial charge < -0.3 is 9.15 Å². The van der Waals surface area contributed by atoms with Gasteiger partial charge in [0.05, 0.1) is 5.39 Å². The average Bonchev–Trinajstić information content (AvgIpc) is 2.75. The second-order valence-electron chi connectivity index (χ2n) is 6.97. The third-order valence-electron chi connectivity index (χ3n) is 4.84. The van der Waals surface area contributed by atoms with Crippen molar-refractivity contribution in [3.63, 3.8) is 0 Å². The van der Waals surface area contributed by atoms with Crippen LogP contribution in [0, 0.1) is 0 Å². The molecule has 30 heavy (non-hydrogen) atoms. The number of fused-ring (bicyclic) bond motifs is 2. The van der Waals surface area contributed by atoms with E-state index >= 15 is 0 Å². The number of hydrogen-bond acceptors (Lipinski definition) is 6. The van der Waals surface area contributed by atoms with Gasteiger partial charge in [-0.3, -0.25) is 4.79 Å². The molecule has 0 unspecified atom stereocenters. The molecule has 2 aromatic heterocycles. The van der Waals surface area contributed by atoms with Crippen molar-refractivity contribution in [2.75, 3.05) is 0 Å². The Morgan fingerprint density at radius 2 is 1.80 bits per heavy atom. The summed E-state index contributed by atoms with van der Waals surface area (Å²) in [6.07, 6.45) is 2.76. The smallest absolute Gasteiger partial charge is 0.364 e. The molecule has 7 heteroatoms. The average molecular weight is 404 g/mol. The van der Waals surface area contributed by atoms with Crippen LogP contribution >= 0.6 is 0 Å². The lowest BCUT2D eigenvalue weighted by atomic mass is 10.1. The zero-order valence-electron chi connectivity index (χ0n) is 16.5. The Morgan fingerprint density at radius 3 is 2.60 bits per heavy atom. The molecule has 4 rings (SSSR count). The van der Waals surface area contributed by atoms with Crippen LogP contribution in [0.2, 0.25) is 0 Å². The third-order valence-corrected chi connectivity index (χ3v) is 4.84. The van der Waals surface area contributed by atoms with Crippen LogP contribution in [0.5, 0.6) is 5.75 Å². The van der Waals surface area contributed by atoms with Crippen molar-refractivity contribution in [2.24, 2.45) is 0 Å². The van der Waals surface area contributed by atoms with Crippen molar-refractivity contribution in [3.8, 4) is 5.75 Å². The van der Waals surface area contributed by atoms with Crippen molar-refractivity contribution in [1.29, 1.82) is 0 Å². The maximum atomic E-state index is 12.9. The van der Waals surface area contributed by atoms with Gasteiger partial charge in [0.25, 0.3) is 5.56 Å². The fraction of sp³-hybridized carbons (Fsp3) is 0.217. The lowest BCUT2D eigenvalue weighted by Gasteiger charge is -2.11. The maximum Gasteiger partial charge on any atom is 0.364 e. The van der Waals surface area contributed by atoms with E-state index < -0.39 is 11.6 Å². The fourth-order valence-corrected chi connectivity index (χ4v) is 3.31. The first-order chi connectivity index (χ1) is 14.6. The summed E-state index contributed by atoms with van der Waals surface area (Å²) in [5.74, 6) is -0.468. The van der Waals surface area contributed by atoms with E-state index in [9.17, 15) is 14.4 Å². The topological polar surface area (TPSA) is 91.4 Å². The van der Waals surface area contributed by atoms with E-state index in [1.165, 1.54) is 16.8 Å². The first-order valence-corrected chi connectivity index (χ1v) is 9.83. The molecular weight excluding hydrogens is 384 g/mol. The van der Waals surface area contributed by atoms with E-state index in [2.05, 4.69) is 12.0 Å². The molecular formula is C23H20N2O5. The van der Waals surface area contributed by atoms with Gasteiger partial charge in [0.1, 0.15) is 11.3 Å². The van der Waals surface area contributed by atoms with Crippen molar-refractivity contribution in [2.45, 2.75) is 32.7 Å². The Balaban J connectivity index is 1.72. The van der Waals surface area contributed by atoms with Crippen LogP contribution in [0.25, 0.3) is 21.7 Å². The number of benzene rings is 2. The molecule has 0 bridgehead atoms. The summed E-state index contributed by atoms with van der Waals surface area (Å²) in [6.45, 7) is 2.50. The normalized spacial score (nSPS) is 11.1. The zero-order valence-corrected chi connectivity index (χ0v) is 16.5. The minimum atomic E-state index is -0.687. The van der Waals surface area contributed by atoms with E-state index in [1.54, 1.807) is 42.5 Å². The molecule has 0 atom stereocenters. The van der Waals surface area contributed by atoms with Crippen LogP contribution in [0.4, 0.5) is 0 Å². The summed E-state index contributed by atoms with van der Waals surface area (Å²) in [7, 11) is 0. The molecule has 7 nitrogen and oxygen atoms in total. The second kappa shape index (κ2) is 8.32. The number of rotatable bonds is 6. The Kier molecular flexibility index (Phi) is 5.43. The lowest BCUT2D eigenvalue weighted by Crippen LogP contribution is -2.27. The summed E-state index contributed by atoms with van der Waals surface area (Å²) in [6, 6.07) is 14.6. The molecule has 0 fully saturated rings. The predicted molar refractivity (Wildman–Crippen MR) is 113 cm³/mol. The van der Waals surface area contributed by atoms with Gasteiger partial charge in [-0.1, -0.05) is 38.0 Å². The van der Waals surface area contributed by atoms with Gasteiger partial charge in [0.15, 0.2) is 5.69 Å². The molecule has 0 amide bonds. The van der Waals surface area contributed by atoms with Gasteiger partial charge in [0.2, 0.25) is 0 Å². The van der Waals surface area contributed by atoms with E-state index in [0.29, 0.717) is 28.3 Å². The highest BCUT2D eigenvalue weighted by molar-refractivity contribution is 6.03. The van der Waals surface area contributed by atoms with Crippen molar-refractivity contribution in [1.82, 2.24) is 9.78 Å². The summed E-state index contributed by atoms with van der Waals surface area (Å²) < 4.78 is 12.0. The second-order valence-corrected chi connectivity index (χ2v) is 6.97. The number of aromatic nitrogens is 2. The molecule has 0 saturated heterocycles. The maximum absolute atomic E-state index is 12.9. The Labute approximate surface area is 171 Å². The molecule has 4 aromatic rings. The fourth-order valence-electron chi connectivity index (χ4n) is 3.31. The Bertz CT molecular complexity index is 1350. The molecule has 0 spiro atoms. The largest absolute Gasteiger partial charge is 0.423 e. The number of carbonyl (C=O) groups excluding carboxylic acids is 1. The van der Waals surface area contributed by atoms with Crippen LogP contribution in [-0.4, -0.2) is 15.7 Å². The molecule has 0 aliphatic carbocycles. The number of unbranched alkanes of at least 4 members (excludes halogenated alkanes) is 2. The number of esters is 1. The van der Waals surface area contributed by atoms with Crippen LogP contribution < -0.4 is 15.9 Å². The highest BCUT2D eigenvalue weighted by Gasteiger charge is 2.19. The SMILES string of the molecule is CCCCCn1nc(C(=O)Oc2ccc3ccc(=O)oc3c2)c2ccccc2c1=O. The van der Waals surface area contributed by atoms with E-state index in [1.807, 2.05) is 0 Å². The molecule has 2 heterocycles. The molecule has 0 N–H and O–H groups in total. The summed E-state index contributed by atoms with van der Waals surface area (Å²) in [5.41, 5.74) is -0.338. The van der Waals surface area contributed by atoms with Gasteiger partial charge in [0, 0.05) is 29.4 Å². The quantitative estimate of drug-likeness (QED) is 0.209. The van der Waals surface area contributed by atoms with Crippen LogP contribution in [0.1, 0.15) is 36.7 Å². The monoisotopic (exact) mass is 404 g/mol. The molecule has 0 aliphatic heterocycles. The highest BCUT2D eigenvalue weighted by Crippen LogP contribution is 2.21. The number of hydrogen-bond donors (Lipinski definition) is 0. The summed E-state index contributed by atoms with van der Waals surface area (Å²) >= 11 is 0. The number of nitrogens with zero attached hydrogens (tertiary/aromatic N) is 2. The van der Waals surface area contributed by atoms with E-state index in [0.717, 1.165) is 19.3 Å². The molecule has 0 radical (unpaired) electrons. The van der Waals surface area contributed by atoms with Gasteiger partial charge in [-0.05, 0) is 30.7 Å². The molecule has 2 aromatic carbocycles. The minimum Gasteiger partial charge on any atom is -0.423 e. The van der Waals surface area contributed by atoms with Crippen LogP contribution in [0.15, 0.2) is 68.6 Å². The summed E-state index contributed by atoms with van der Waals surface area (Å²) in [4.78, 5) is 37.1. The number of carbonyl (C=O) groups is 1. The standard InChI is InChI=1S/C23H20N2O5/c1-2-3-6-13-25-22(27)18-8-5-4-7-17(18)21(24-25)23(28)29-16-11-9-15-10-12-20(26)30-19(15)14-16/h4-5,7-12,14H,2-3,6,13H2,1H3.